The lowest BCUT2D eigenvalue weighted by Crippen LogP contribution is -2.24. The summed E-state index contributed by atoms with van der Waals surface area (Å²) in [4.78, 5) is 23.9. The summed E-state index contributed by atoms with van der Waals surface area (Å²) in [6, 6.07) is 13.0. The van der Waals surface area contributed by atoms with Crippen LogP contribution in [0.2, 0.25) is 0 Å². The van der Waals surface area contributed by atoms with E-state index in [1.165, 1.54) is 0 Å². The molecule has 0 aliphatic rings. The zero-order valence-corrected chi connectivity index (χ0v) is 15.0. The van der Waals surface area contributed by atoms with Crippen molar-refractivity contribution in [3.05, 3.63) is 59.2 Å². The standard InChI is InChI=1S/C20H25N3O2/c1-4-11-21-20(25)16-6-8-17(9-7-16)22-13-19(24)23-18-10-5-14(2)12-15(18)3/h5-10,12,22H,4,11,13H2,1-3H3,(H,21,25)(H,23,24). The van der Waals surface area contributed by atoms with Crippen molar-refractivity contribution in [3.63, 3.8) is 0 Å². The second kappa shape index (κ2) is 8.87. The minimum absolute atomic E-state index is 0.0824. The molecule has 0 aliphatic carbocycles. The van der Waals surface area contributed by atoms with Gasteiger partial charge < -0.3 is 16.0 Å². The van der Waals surface area contributed by atoms with Crippen LogP contribution in [0, 0.1) is 13.8 Å². The van der Waals surface area contributed by atoms with Gasteiger partial charge in [0.05, 0.1) is 6.54 Å². The Morgan fingerprint density at radius 2 is 1.72 bits per heavy atom. The summed E-state index contributed by atoms with van der Waals surface area (Å²) in [6.45, 7) is 6.83. The maximum Gasteiger partial charge on any atom is 0.251 e. The molecule has 5 nitrogen and oxygen atoms in total. The predicted molar refractivity (Wildman–Crippen MR) is 102 cm³/mol. The molecule has 0 atom stereocenters. The lowest BCUT2D eigenvalue weighted by Gasteiger charge is -2.11. The summed E-state index contributed by atoms with van der Waals surface area (Å²) in [5.41, 5.74) is 4.43. The van der Waals surface area contributed by atoms with Crippen LogP contribution >= 0.6 is 0 Å². The highest BCUT2D eigenvalue weighted by molar-refractivity contribution is 5.95. The van der Waals surface area contributed by atoms with Gasteiger partial charge in [-0.05, 0) is 56.2 Å². The van der Waals surface area contributed by atoms with Gasteiger partial charge in [-0.15, -0.1) is 0 Å². The van der Waals surface area contributed by atoms with Crippen molar-refractivity contribution >= 4 is 23.2 Å². The molecule has 0 aliphatic heterocycles. The Hall–Kier alpha value is -2.82. The molecule has 2 rings (SSSR count). The summed E-state index contributed by atoms with van der Waals surface area (Å²) < 4.78 is 0. The number of aryl methyl sites for hydroxylation is 2. The molecule has 2 amide bonds. The van der Waals surface area contributed by atoms with E-state index in [9.17, 15) is 9.59 Å². The number of amides is 2. The number of carbonyl (C=O) groups is 2. The zero-order valence-electron chi connectivity index (χ0n) is 15.0. The topological polar surface area (TPSA) is 70.2 Å². The predicted octanol–water partition coefficient (Wildman–Crippen LogP) is 3.49. The summed E-state index contributed by atoms with van der Waals surface area (Å²) >= 11 is 0. The van der Waals surface area contributed by atoms with E-state index in [0.717, 1.165) is 28.9 Å². The SMILES string of the molecule is CCCNC(=O)c1ccc(NCC(=O)Nc2ccc(C)cc2C)cc1. The number of rotatable bonds is 7. The Morgan fingerprint density at radius 3 is 2.36 bits per heavy atom. The van der Waals surface area contributed by atoms with Crippen molar-refractivity contribution < 1.29 is 9.59 Å². The molecule has 2 aromatic rings. The number of hydrogen-bond acceptors (Lipinski definition) is 3. The van der Waals surface area contributed by atoms with Crippen molar-refractivity contribution in [3.8, 4) is 0 Å². The van der Waals surface area contributed by atoms with Crippen LogP contribution < -0.4 is 16.0 Å². The van der Waals surface area contributed by atoms with E-state index in [0.29, 0.717) is 12.1 Å². The number of benzene rings is 2. The molecule has 0 unspecified atom stereocenters. The molecule has 0 spiro atoms. The van der Waals surface area contributed by atoms with Gasteiger partial charge in [0.15, 0.2) is 0 Å². The molecular weight excluding hydrogens is 314 g/mol. The normalized spacial score (nSPS) is 10.2. The maximum atomic E-state index is 12.1. The van der Waals surface area contributed by atoms with Crippen LogP contribution in [0.1, 0.15) is 34.8 Å². The molecule has 0 bridgehead atoms. The molecule has 0 radical (unpaired) electrons. The summed E-state index contributed by atoms with van der Waals surface area (Å²) in [5, 5.41) is 8.79. The smallest absolute Gasteiger partial charge is 0.251 e. The second-order valence-electron chi connectivity index (χ2n) is 6.05. The highest BCUT2D eigenvalue weighted by atomic mass is 16.2. The van der Waals surface area contributed by atoms with Crippen LogP contribution in [0.5, 0.6) is 0 Å². The third-order valence-corrected chi connectivity index (χ3v) is 3.79. The molecule has 2 aromatic carbocycles. The summed E-state index contributed by atoms with van der Waals surface area (Å²) in [7, 11) is 0. The zero-order chi connectivity index (χ0) is 18.2. The van der Waals surface area contributed by atoms with Crippen molar-refractivity contribution in [1.29, 1.82) is 0 Å². The Bertz CT molecular complexity index is 739. The summed E-state index contributed by atoms with van der Waals surface area (Å²) in [6.07, 6.45) is 0.904. The highest BCUT2D eigenvalue weighted by Crippen LogP contribution is 2.16. The lowest BCUT2D eigenvalue weighted by molar-refractivity contribution is -0.114. The fraction of sp³-hybridized carbons (Fsp3) is 0.300. The largest absolute Gasteiger partial charge is 0.376 e. The van der Waals surface area contributed by atoms with Gasteiger partial charge in [-0.3, -0.25) is 9.59 Å². The minimum atomic E-state index is -0.114. The number of nitrogens with one attached hydrogen (secondary N) is 3. The van der Waals surface area contributed by atoms with Gasteiger partial charge in [0.1, 0.15) is 0 Å². The van der Waals surface area contributed by atoms with Gasteiger partial charge in [-0.25, -0.2) is 0 Å². The summed E-state index contributed by atoms with van der Waals surface area (Å²) in [5.74, 6) is -0.197. The lowest BCUT2D eigenvalue weighted by atomic mass is 10.1. The van der Waals surface area contributed by atoms with Crippen molar-refractivity contribution in [2.45, 2.75) is 27.2 Å². The average Bonchev–Trinajstić information content (AvgIpc) is 2.60. The third-order valence-electron chi connectivity index (χ3n) is 3.79. The van der Waals surface area contributed by atoms with Crippen molar-refractivity contribution in [2.24, 2.45) is 0 Å². The highest BCUT2D eigenvalue weighted by Gasteiger charge is 2.06. The fourth-order valence-electron chi connectivity index (χ4n) is 2.41. The quantitative estimate of drug-likeness (QED) is 0.723. The molecule has 0 fully saturated rings. The van der Waals surface area contributed by atoms with Gasteiger partial charge in [0.2, 0.25) is 5.91 Å². The molecular formula is C20H25N3O2. The second-order valence-corrected chi connectivity index (χ2v) is 6.05. The van der Waals surface area contributed by atoms with E-state index in [2.05, 4.69) is 16.0 Å². The molecule has 0 saturated heterocycles. The minimum Gasteiger partial charge on any atom is -0.376 e. The average molecular weight is 339 g/mol. The van der Waals surface area contributed by atoms with Crippen LogP contribution in [0.15, 0.2) is 42.5 Å². The molecule has 0 heterocycles. The molecule has 0 saturated carbocycles. The van der Waals surface area contributed by atoms with Crippen LogP contribution in [0.4, 0.5) is 11.4 Å². The molecule has 3 N–H and O–H groups in total. The third kappa shape index (κ3) is 5.64. The van der Waals surface area contributed by atoms with Crippen LogP contribution in [0.25, 0.3) is 0 Å². The Morgan fingerprint density at radius 1 is 1.00 bits per heavy atom. The maximum absolute atomic E-state index is 12.1. The first-order valence-corrected chi connectivity index (χ1v) is 8.49. The van der Waals surface area contributed by atoms with Gasteiger partial charge >= 0.3 is 0 Å². The van der Waals surface area contributed by atoms with Gasteiger partial charge in [-0.2, -0.15) is 0 Å². The Labute approximate surface area is 148 Å². The number of anilines is 2. The monoisotopic (exact) mass is 339 g/mol. The van der Waals surface area contributed by atoms with Crippen molar-refractivity contribution in [1.82, 2.24) is 5.32 Å². The number of carbonyl (C=O) groups excluding carboxylic acids is 2. The van der Waals surface area contributed by atoms with E-state index in [4.69, 9.17) is 0 Å². The Balaban J connectivity index is 1.86. The fourth-order valence-corrected chi connectivity index (χ4v) is 2.41. The van der Waals surface area contributed by atoms with E-state index in [-0.39, 0.29) is 18.4 Å². The van der Waals surface area contributed by atoms with Gasteiger partial charge in [0, 0.05) is 23.5 Å². The van der Waals surface area contributed by atoms with E-state index >= 15 is 0 Å². The number of hydrogen-bond donors (Lipinski definition) is 3. The molecule has 5 heteroatoms. The molecule has 25 heavy (non-hydrogen) atoms. The Kier molecular flexibility index (Phi) is 6.57. The van der Waals surface area contributed by atoms with Gasteiger partial charge in [-0.1, -0.05) is 24.6 Å². The first-order valence-electron chi connectivity index (χ1n) is 8.49. The van der Waals surface area contributed by atoms with Crippen LogP contribution in [0.3, 0.4) is 0 Å². The van der Waals surface area contributed by atoms with E-state index in [1.54, 1.807) is 24.3 Å². The molecule has 0 aromatic heterocycles. The van der Waals surface area contributed by atoms with E-state index in [1.807, 2.05) is 39.0 Å². The first-order chi connectivity index (χ1) is 12.0. The first kappa shape index (κ1) is 18.5. The van der Waals surface area contributed by atoms with Crippen LogP contribution in [-0.2, 0) is 4.79 Å². The van der Waals surface area contributed by atoms with E-state index < -0.39 is 0 Å². The van der Waals surface area contributed by atoms with Crippen molar-refractivity contribution in [2.75, 3.05) is 23.7 Å². The van der Waals surface area contributed by atoms with Crippen LogP contribution in [-0.4, -0.2) is 24.9 Å². The molecule has 132 valence electrons. The van der Waals surface area contributed by atoms with Gasteiger partial charge in [0.25, 0.3) is 5.91 Å².